The van der Waals surface area contributed by atoms with Crippen LogP contribution in [-0.4, -0.2) is 17.0 Å². The lowest BCUT2D eigenvalue weighted by molar-refractivity contribution is 0.614. The molecule has 1 N–H and O–H groups in total. The third-order valence-corrected chi connectivity index (χ3v) is 2.97. The summed E-state index contributed by atoms with van der Waals surface area (Å²) in [6, 6.07) is 0. The predicted molar refractivity (Wildman–Crippen MR) is 60.5 cm³/mol. The van der Waals surface area contributed by atoms with Crippen molar-refractivity contribution in [3.8, 4) is 0 Å². The molecule has 11 heavy (non-hydrogen) atoms. The fraction of sp³-hybridized carbons (Fsp3) is 1.00. The van der Waals surface area contributed by atoms with Gasteiger partial charge in [-0.3, -0.25) is 0 Å². The molecule has 0 saturated heterocycles. The molecule has 1 nitrogen and oxygen atoms in total. The second kappa shape index (κ2) is 8.78. The van der Waals surface area contributed by atoms with Crippen molar-refractivity contribution in [1.29, 1.82) is 0 Å². The van der Waals surface area contributed by atoms with E-state index in [0.717, 1.165) is 10.5 Å². The van der Waals surface area contributed by atoms with Gasteiger partial charge in [-0.25, -0.2) is 0 Å². The average molecular weight is 269 g/mol. The van der Waals surface area contributed by atoms with Gasteiger partial charge in [-0.2, -0.15) is 0 Å². The summed E-state index contributed by atoms with van der Waals surface area (Å²) in [5.74, 6) is 0. The van der Waals surface area contributed by atoms with Crippen molar-refractivity contribution in [2.75, 3.05) is 13.1 Å². The highest BCUT2D eigenvalue weighted by Crippen LogP contribution is 2.13. The summed E-state index contributed by atoms with van der Waals surface area (Å²) >= 11 is 2.57. The molecule has 0 fully saturated rings. The molecule has 68 valence electrons. The maximum absolute atomic E-state index is 3.34. The second-order valence-electron chi connectivity index (χ2n) is 2.88. The molecule has 1 atom stereocenters. The molecule has 0 radical (unpaired) electrons. The molecule has 0 heterocycles. The first-order valence-electron chi connectivity index (χ1n) is 4.66. The Morgan fingerprint density at radius 1 is 1.27 bits per heavy atom. The van der Waals surface area contributed by atoms with Crippen molar-refractivity contribution >= 4 is 22.6 Å². The zero-order chi connectivity index (χ0) is 8.53. The summed E-state index contributed by atoms with van der Waals surface area (Å²) in [5.41, 5.74) is 0. The maximum atomic E-state index is 3.34. The zero-order valence-electron chi connectivity index (χ0n) is 7.70. The molecular weight excluding hydrogens is 249 g/mol. The fourth-order valence-electron chi connectivity index (χ4n) is 1.08. The van der Waals surface area contributed by atoms with Crippen LogP contribution in [0.1, 0.15) is 39.5 Å². The van der Waals surface area contributed by atoms with Crippen LogP contribution in [0.25, 0.3) is 0 Å². The van der Waals surface area contributed by atoms with Crippen molar-refractivity contribution < 1.29 is 0 Å². The summed E-state index contributed by atoms with van der Waals surface area (Å²) in [6.45, 7) is 6.73. The highest BCUT2D eigenvalue weighted by Gasteiger charge is 2.00. The van der Waals surface area contributed by atoms with E-state index in [0.29, 0.717) is 0 Å². The lowest BCUT2D eigenvalue weighted by Crippen LogP contribution is -2.15. The second-order valence-corrected chi connectivity index (χ2v) is 4.64. The Balaban J connectivity index is 2.97. The maximum Gasteiger partial charge on any atom is 0.0110 e. The molecule has 0 aliphatic rings. The molecule has 0 aromatic carbocycles. The van der Waals surface area contributed by atoms with Crippen molar-refractivity contribution in [1.82, 2.24) is 5.32 Å². The van der Waals surface area contributed by atoms with E-state index in [2.05, 4.69) is 41.8 Å². The first-order valence-corrected chi connectivity index (χ1v) is 5.90. The van der Waals surface area contributed by atoms with Gasteiger partial charge >= 0.3 is 0 Å². The first-order chi connectivity index (χ1) is 5.31. The Labute approximate surface area is 84.5 Å². The smallest absolute Gasteiger partial charge is 0.0110 e. The van der Waals surface area contributed by atoms with Crippen LogP contribution in [0, 0.1) is 0 Å². The van der Waals surface area contributed by atoms with Crippen molar-refractivity contribution in [3.05, 3.63) is 0 Å². The van der Waals surface area contributed by atoms with Crippen LogP contribution in [0.5, 0.6) is 0 Å². The number of nitrogens with one attached hydrogen (secondary N) is 1. The van der Waals surface area contributed by atoms with Crippen molar-refractivity contribution in [2.24, 2.45) is 0 Å². The van der Waals surface area contributed by atoms with Gasteiger partial charge in [0.05, 0.1) is 0 Å². The molecule has 0 rings (SSSR count). The largest absolute Gasteiger partial charge is 0.317 e. The normalized spacial score (nSPS) is 13.4. The molecule has 0 aliphatic heterocycles. The summed E-state index contributed by atoms with van der Waals surface area (Å²) in [6.07, 6.45) is 5.42. The van der Waals surface area contributed by atoms with Gasteiger partial charge < -0.3 is 5.32 Å². The number of hydrogen-bond donors (Lipinski definition) is 1. The Hall–Kier alpha value is 0.690. The van der Waals surface area contributed by atoms with Gasteiger partial charge in [0.25, 0.3) is 0 Å². The number of halogens is 1. The molecule has 2 heteroatoms. The summed E-state index contributed by atoms with van der Waals surface area (Å²) < 4.78 is 0.899. The third kappa shape index (κ3) is 8.60. The summed E-state index contributed by atoms with van der Waals surface area (Å²) in [7, 11) is 0. The van der Waals surface area contributed by atoms with E-state index >= 15 is 0 Å². The van der Waals surface area contributed by atoms with Gasteiger partial charge in [0.2, 0.25) is 0 Å². The van der Waals surface area contributed by atoms with Gasteiger partial charge in [-0.15, -0.1) is 0 Å². The van der Waals surface area contributed by atoms with Crippen molar-refractivity contribution in [2.45, 2.75) is 43.5 Å². The number of rotatable bonds is 7. The van der Waals surface area contributed by atoms with Crippen LogP contribution in [0.2, 0.25) is 0 Å². The molecule has 0 aliphatic carbocycles. The molecule has 0 bridgehead atoms. The van der Waals surface area contributed by atoms with E-state index < -0.39 is 0 Å². The van der Waals surface area contributed by atoms with Gasteiger partial charge in [-0.1, -0.05) is 42.9 Å². The predicted octanol–water partition coefficient (Wildman–Crippen LogP) is 2.98. The van der Waals surface area contributed by atoms with Crippen LogP contribution in [0.15, 0.2) is 0 Å². The molecule has 0 aromatic heterocycles. The Bertz CT molecular complexity index is 76.0. The third-order valence-electron chi connectivity index (χ3n) is 1.72. The molecule has 0 saturated carbocycles. The van der Waals surface area contributed by atoms with Crippen LogP contribution < -0.4 is 5.32 Å². The summed E-state index contributed by atoms with van der Waals surface area (Å²) in [4.78, 5) is 0. The minimum atomic E-state index is 0.899. The first kappa shape index (κ1) is 11.7. The van der Waals surface area contributed by atoms with Crippen LogP contribution in [-0.2, 0) is 0 Å². The Morgan fingerprint density at radius 2 is 2.00 bits per heavy atom. The van der Waals surface area contributed by atoms with Crippen LogP contribution in [0.4, 0.5) is 0 Å². The van der Waals surface area contributed by atoms with Crippen molar-refractivity contribution in [3.63, 3.8) is 0 Å². The Kier molecular flexibility index (Phi) is 9.33. The van der Waals surface area contributed by atoms with Gasteiger partial charge in [-0.05, 0) is 32.4 Å². The lowest BCUT2D eigenvalue weighted by atomic mass is 10.1. The van der Waals surface area contributed by atoms with E-state index in [1.807, 2.05) is 0 Å². The minimum absolute atomic E-state index is 0.899. The minimum Gasteiger partial charge on any atom is -0.317 e. The molecule has 0 aromatic rings. The standard InChI is InChI=1S/C9H20IN/c1-3-6-9(10)7-5-8-11-4-2/h9,11H,3-8H2,1-2H3. The topological polar surface area (TPSA) is 12.0 Å². The van der Waals surface area contributed by atoms with E-state index in [1.165, 1.54) is 32.2 Å². The molecule has 0 amide bonds. The van der Waals surface area contributed by atoms with E-state index in [-0.39, 0.29) is 0 Å². The molecular formula is C9H20IN. The highest BCUT2D eigenvalue weighted by atomic mass is 127. The van der Waals surface area contributed by atoms with E-state index in [1.54, 1.807) is 0 Å². The van der Waals surface area contributed by atoms with E-state index in [9.17, 15) is 0 Å². The van der Waals surface area contributed by atoms with Gasteiger partial charge in [0, 0.05) is 3.92 Å². The monoisotopic (exact) mass is 269 g/mol. The quantitative estimate of drug-likeness (QED) is 0.425. The zero-order valence-corrected chi connectivity index (χ0v) is 9.86. The molecule has 0 spiro atoms. The average Bonchev–Trinajstić information content (AvgIpc) is 1.99. The summed E-state index contributed by atoms with van der Waals surface area (Å²) in [5, 5.41) is 3.34. The Morgan fingerprint density at radius 3 is 2.55 bits per heavy atom. The van der Waals surface area contributed by atoms with Gasteiger partial charge in [0.15, 0.2) is 0 Å². The molecule has 1 unspecified atom stereocenters. The van der Waals surface area contributed by atoms with Crippen LogP contribution >= 0.6 is 22.6 Å². The highest BCUT2D eigenvalue weighted by molar-refractivity contribution is 14.1. The van der Waals surface area contributed by atoms with Gasteiger partial charge in [0.1, 0.15) is 0 Å². The van der Waals surface area contributed by atoms with E-state index in [4.69, 9.17) is 0 Å². The number of hydrogen-bond acceptors (Lipinski definition) is 1. The lowest BCUT2D eigenvalue weighted by Gasteiger charge is -2.07. The fourth-order valence-corrected chi connectivity index (χ4v) is 2.15. The van der Waals surface area contributed by atoms with Crippen LogP contribution in [0.3, 0.4) is 0 Å². The number of alkyl halides is 1. The SMILES string of the molecule is CCCC(I)CCCNCC.